The first-order valence-corrected chi connectivity index (χ1v) is 4.10. The first-order valence-electron chi connectivity index (χ1n) is 4.10. The van der Waals surface area contributed by atoms with Crippen molar-refractivity contribution in [2.45, 2.75) is 37.6 Å². The molecule has 11 heavy (non-hydrogen) atoms. The number of nitrogens with one attached hydrogen (secondary N) is 1. The lowest BCUT2D eigenvalue weighted by Gasteiger charge is -2.33. The second-order valence-corrected chi connectivity index (χ2v) is 3.24. The van der Waals surface area contributed by atoms with Gasteiger partial charge in [-0.1, -0.05) is 19.3 Å². The molecule has 3 nitrogen and oxygen atoms in total. The number of rotatable bonds is 2. The Morgan fingerprint density at radius 3 is 2.45 bits per heavy atom. The summed E-state index contributed by atoms with van der Waals surface area (Å²) in [7, 11) is 0. The van der Waals surface area contributed by atoms with Crippen molar-refractivity contribution in [2.24, 2.45) is 0 Å². The van der Waals surface area contributed by atoms with E-state index in [9.17, 15) is 0 Å². The molecule has 1 fully saturated rings. The lowest BCUT2D eigenvalue weighted by molar-refractivity contribution is 0.136. The molecule has 1 aliphatic carbocycles. The summed E-state index contributed by atoms with van der Waals surface area (Å²) in [6.45, 7) is 0.0839. The normalized spacial score (nSPS) is 22.2. The molecule has 62 valence electrons. The minimum Gasteiger partial charge on any atom is -0.394 e. The highest BCUT2D eigenvalue weighted by Gasteiger charge is 2.30. The van der Waals surface area contributed by atoms with Crippen LogP contribution >= 0.6 is 0 Å². The topological polar surface area (TPSA) is 56.0 Å². The van der Waals surface area contributed by atoms with Crippen LogP contribution in [0.1, 0.15) is 32.1 Å². The molecule has 1 rings (SSSR count). The van der Waals surface area contributed by atoms with E-state index in [1.165, 1.54) is 6.42 Å². The van der Waals surface area contributed by atoms with Gasteiger partial charge in [-0.2, -0.15) is 5.26 Å². The molecule has 0 aromatic rings. The highest BCUT2D eigenvalue weighted by Crippen LogP contribution is 2.27. The fraction of sp³-hybridized carbons (Fsp3) is 0.875. The maximum Gasteiger partial charge on any atom is 0.177 e. The number of hydrogen-bond acceptors (Lipinski definition) is 3. The smallest absolute Gasteiger partial charge is 0.177 e. The van der Waals surface area contributed by atoms with Gasteiger partial charge in [0.05, 0.1) is 12.1 Å². The molecule has 0 aromatic carbocycles. The monoisotopic (exact) mass is 154 g/mol. The van der Waals surface area contributed by atoms with Gasteiger partial charge in [0.2, 0.25) is 0 Å². The Morgan fingerprint density at radius 2 is 2.00 bits per heavy atom. The maximum atomic E-state index is 9.06. The SMILES string of the molecule is N#CNC1(CO)CCCCC1. The molecule has 0 atom stereocenters. The van der Waals surface area contributed by atoms with Crippen LogP contribution in [-0.2, 0) is 0 Å². The van der Waals surface area contributed by atoms with Gasteiger partial charge < -0.3 is 10.4 Å². The molecule has 0 aliphatic heterocycles. The number of aliphatic hydroxyl groups is 1. The van der Waals surface area contributed by atoms with Gasteiger partial charge >= 0.3 is 0 Å². The van der Waals surface area contributed by atoms with E-state index in [-0.39, 0.29) is 12.1 Å². The van der Waals surface area contributed by atoms with Gasteiger partial charge in [-0.3, -0.25) is 0 Å². The van der Waals surface area contributed by atoms with E-state index in [2.05, 4.69) is 5.32 Å². The van der Waals surface area contributed by atoms with Crippen molar-refractivity contribution < 1.29 is 5.11 Å². The van der Waals surface area contributed by atoms with E-state index in [1.54, 1.807) is 0 Å². The molecule has 1 saturated carbocycles. The highest BCUT2D eigenvalue weighted by atomic mass is 16.3. The summed E-state index contributed by atoms with van der Waals surface area (Å²) in [6.07, 6.45) is 7.25. The van der Waals surface area contributed by atoms with Crippen LogP contribution in [0.2, 0.25) is 0 Å². The van der Waals surface area contributed by atoms with Gasteiger partial charge in [0.15, 0.2) is 6.19 Å². The van der Waals surface area contributed by atoms with Gasteiger partial charge in [0, 0.05) is 0 Å². The number of aliphatic hydroxyl groups excluding tert-OH is 1. The average molecular weight is 154 g/mol. The predicted molar refractivity (Wildman–Crippen MR) is 41.7 cm³/mol. The van der Waals surface area contributed by atoms with Gasteiger partial charge in [0.1, 0.15) is 0 Å². The van der Waals surface area contributed by atoms with E-state index in [1.807, 2.05) is 6.19 Å². The molecule has 0 amide bonds. The number of nitrogens with zero attached hydrogens (tertiary/aromatic N) is 1. The van der Waals surface area contributed by atoms with Crippen molar-refractivity contribution in [1.82, 2.24) is 5.32 Å². The molecule has 0 unspecified atom stereocenters. The van der Waals surface area contributed by atoms with Crippen LogP contribution in [0.3, 0.4) is 0 Å². The quantitative estimate of drug-likeness (QED) is 0.456. The standard InChI is InChI=1S/C8H14N2O/c9-7-10-8(6-11)4-2-1-3-5-8/h10-11H,1-6H2. The van der Waals surface area contributed by atoms with Crippen LogP contribution in [0.4, 0.5) is 0 Å². The summed E-state index contributed by atoms with van der Waals surface area (Å²) < 4.78 is 0. The number of nitriles is 1. The van der Waals surface area contributed by atoms with E-state index in [0.29, 0.717) is 0 Å². The molecular formula is C8H14N2O. The fourth-order valence-electron chi connectivity index (χ4n) is 1.67. The molecule has 0 aromatic heterocycles. The third-order valence-corrected chi connectivity index (χ3v) is 2.43. The maximum absolute atomic E-state index is 9.06. The third kappa shape index (κ3) is 1.84. The summed E-state index contributed by atoms with van der Waals surface area (Å²) in [5.41, 5.74) is -0.285. The van der Waals surface area contributed by atoms with Crippen LogP contribution < -0.4 is 5.32 Å². The summed E-state index contributed by atoms with van der Waals surface area (Å²) in [4.78, 5) is 0. The zero-order valence-electron chi connectivity index (χ0n) is 6.64. The highest BCUT2D eigenvalue weighted by molar-refractivity contribution is 4.94. The van der Waals surface area contributed by atoms with E-state index >= 15 is 0 Å². The summed E-state index contributed by atoms with van der Waals surface area (Å²) in [5.74, 6) is 0. The van der Waals surface area contributed by atoms with Gasteiger partial charge in [-0.05, 0) is 12.8 Å². The van der Waals surface area contributed by atoms with E-state index < -0.39 is 0 Å². The van der Waals surface area contributed by atoms with E-state index in [0.717, 1.165) is 25.7 Å². The van der Waals surface area contributed by atoms with Crippen molar-refractivity contribution in [3.63, 3.8) is 0 Å². The molecule has 1 aliphatic rings. The minimum atomic E-state index is -0.285. The van der Waals surface area contributed by atoms with Crippen LogP contribution in [-0.4, -0.2) is 17.3 Å². The Kier molecular flexibility index (Phi) is 2.72. The second kappa shape index (κ2) is 3.59. The lowest BCUT2D eigenvalue weighted by Crippen LogP contribution is -2.47. The van der Waals surface area contributed by atoms with Crippen molar-refractivity contribution in [3.8, 4) is 6.19 Å². The predicted octanol–water partition coefficient (Wildman–Crippen LogP) is 0.752. The molecule has 0 spiro atoms. The van der Waals surface area contributed by atoms with Crippen molar-refractivity contribution in [1.29, 1.82) is 5.26 Å². The first kappa shape index (κ1) is 8.35. The van der Waals surface area contributed by atoms with Crippen LogP contribution in [0.25, 0.3) is 0 Å². The summed E-state index contributed by atoms with van der Waals surface area (Å²) >= 11 is 0. The van der Waals surface area contributed by atoms with Crippen LogP contribution in [0, 0.1) is 11.5 Å². The van der Waals surface area contributed by atoms with Crippen molar-refractivity contribution >= 4 is 0 Å². The molecular weight excluding hydrogens is 140 g/mol. The largest absolute Gasteiger partial charge is 0.394 e. The molecule has 0 saturated heterocycles. The molecule has 3 heteroatoms. The summed E-state index contributed by atoms with van der Waals surface area (Å²) in [5, 5.41) is 20.2. The number of hydrogen-bond donors (Lipinski definition) is 2. The fourth-order valence-corrected chi connectivity index (χ4v) is 1.67. The average Bonchev–Trinajstić information content (AvgIpc) is 2.07. The molecule has 0 bridgehead atoms. The van der Waals surface area contributed by atoms with E-state index in [4.69, 9.17) is 10.4 Å². The molecule has 0 heterocycles. The zero-order valence-corrected chi connectivity index (χ0v) is 6.64. The molecule has 0 radical (unpaired) electrons. The van der Waals surface area contributed by atoms with Gasteiger partial charge in [-0.25, -0.2) is 0 Å². The van der Waals surface area contributed by atoms with Crippen molar-refractivity contribution in [3.05, 3.63) is 0 Å². The van der Waals surface area contributed by atoms with Gasteiger partial charge in [0.25, 0.3) is 0 Å². The Labute approximate surface area is 67.0 Å². The summed E-state index contributed by atoms with van der Waals surface area (Å²) in [6, 6.07) is 0. The second-order valence-electron chi connectivity index (χ2n) is 3.24. The molecule has 2 N–H and O–H groups in total. The zero-order chi connectivity index (χ0) is 8.16. The minimum absolute atomic E-state index is 0.0839. The van der Waals surface area contributed by atoms with Crippen LogP contribution in [0.15, 0.2) is 0 Å². The Hall–Kier alpha value is -0.750. The Bertz CT molecular complexity index is 156. The lowest BCUT2D eigenvalue weighted by atomic mass is 9.82. The Morgan fingerprint density at radius 1 is 1.36 bits per heavy atom. The first-order chi connectivity index (χ1) is 5.33. The van der Waals surface area contributed by atoms with Crippen molar-refractivity contribution in [2.75, 3.05) is 6.61 Å². The Balaban J connectivity index is 2.51. The van der Waals surface area contributed by atoms with Gasteiger partial charge in [-0.15, -0.1) is 0 Å². The van der Waals surface area contributed by atoms with Crippen LogP contribution in [0.5, 0.6) is 0 Å². The third-order valence-electron chi connectivity index (χ3n) is 2.43.